The predicted octanol–water partition coefficient (Wildman–Crippen LogP) is 2.04. The van der Waals surface area contributed by atoms with Gasteiger partial charge in [-0.15, -0.1) is 0 Å². The molecular weight excluding hydrogens is 236 g/mol. The van der Waals surface area contributed by atoms with E-state index in [4.69, 9.17) is 0 Å². The minimum Gasteiger partial charge on any atom is -0.315 e. The van der Waals surface area contributed by atoms with Gasteiger partial charge in [0.25, 0.3) is 0 Å². The van der Waals surface area contributed by atoms with Crippen LogP contribution in [0.25, 0.3) is 0 Å². The standard InChI is InChI=1S/C15H28N4/c1-4-9-18(14-7-8-16-11-14)12-15-10-13(5-2)17-19(15)6-3/h10,14,16H,4-9,11-12H2,1-3H3. The van der Waals surface area contributed by atoms with E-state index in [1.54, 1.807) is 0 Å². The molecule has 1 atom stereocenters. The predicted molar refractivity (Wildman–Crippen MR) is 79.3 cm³/mol. The lowest BCUT2D eigenvalue weighted by Gasteiger charge is -2.28. The number of aryl methyl sites for hydroxylation is 2. The van der Waals surface area contributed by atoms with E-state index in [1.165, 1.54) is 30.8 Å². The van der Waals surface area contributed by atoms with E-state index < -0.39 is 0 Å². The van der Waals surface area contributed by atoms with Crippen LogP contribution in [-0.4, -0.2) is 40.4 Å². The average Bonchev–Trinajstić information content (AvgIpc) is 3.07. The highest BCUT2D eigenvalue weighted by Crippen LogP contribution is 2.15. The van der Waals surface area contributed by atoms with Crippen molar-refractivity contribution in [2.45, 2.75) is 59.2 Å². The molecule has 2 heterocycles. The molecule has 1 saturated heterocycles. The largest absolute Gasteiger partial charge is 0.315 e. The van der Waals surface area contributed by atoms with Gasteiger partial charge in [0.1, 0.15) is 0 Å². The smallest absolute Gasteiger partial charge is 0.0625 e. The fourth-order valence-electron chi connectivity index (χ4n) is 2.93. The summed E-state index contributed by atoms with van der Waals surface area (Å²) in [5, 5.41) is 8.14. The van der Waals surface area contributed by atoms with Crippen molar-refractivity contribution >= 4 is 0 Å². The molecule has 1 aliphatic heterocycles. The van der Waals surface area contributed by atoms with Crippen molar-refractivity contribution in [2.24, 2.45) is 0 Å². The summed E-state index contributed by atoms with van der Waals surface area (Å²) in [6, 6.07) is 2.99. The van der Waals surface area contributed by atoms with Crippen LogP contribution in [-0.2, 0) is 19.5 Å². The summed E-state index contributed by atoms with van der Waals surface area (Å²) in [7, 11) is 0. The van der Waals surface area contributed by atoms with Crippen molar-refractivity contribution in [2.75, 3.05) is 19.6 Å². The lowest BCUT2D eigenvalue weighted by molar-refractivity contribution is 0.194. The number of nitrogens with zero attached hydrogens (tertiary/aromatic N) is 3. The fourth-order valence-corrected chi connectivity index (χ4v) is 2.93. The minimum absolute atomic E-state index is 0.699. The Bertz CT molecular complexity index is 379. The molecule has 1 N–H and O–H groups in total. The van der Waals surface area contributed by atoms with Crippen molar-refractivity contribution in [3.8, 4) is 0 Å². The molecule has 1 unspecified atom stereocenters. The lowest BCUT2D eigenvalue weighted by Crippen LogP contribution is -2.37. The summed E-state index contributed by atoms with van der Waals surface area (Å²) in [4.78, 5) is 2.63. The molecule has 4 heteroatoms. The normalized spacial score (nSPS) is 19.5. The highest BCUT2D eigenvalue weighted by Gasteiger charge is 2.22. The Kier molecular flexibility index (Phi) is 5.40. The Morgan fingerprint density at radius 3 is 2.84 bits per heavy atom. The van der Waals surface area contributed by atoms with Gasteiger partial charge in [-0.1, -0.05) is 13.8 Å². The molecule has 1 aromatic rings. The van der Waals surface area contributed by atoms with E-state index >= 15 is 0 Å². The van der Waals surface area contributed by atoms with Crippen LogP contribution >= 0.6 is 0 Å². The van der Waals surface area contributed by atoms with E-state index in [0.717, 1.165) is 32.6 Å². The van der Waals surface area contributed by atoms with Crippen molar-refractivity contribution < 1.29 is 0 Å². The molecule has 0 amide bonds. The molecule has 0 bridgehead atoms. The quantitative estimate of drug-likeness (QED) is 0.818. The zero-order chi connectivity index (χ0) is 13.7. The van der Waals surface area contributed by atoms with Crippen molar-refractivity contribution in [1.82, 2.24) is 20.0 Å². The molecule has 2 rings (SSSR count). The summed E-state index contributed by atoms with van der Waals surface area (Å²) < 4.78 is 2.17. The highest BCUT2D eigenvalue weighted by atomic mass is 15.3. The molecule has 0 saturated carbocycles. The van der Waals surface area contributed by atoms with Crippen LogP contribution in [0.2, 0.25) is 0 Å². The van der Waals surface area contributed by atoms with Crippen molar-refractivity contribution in [3.63, 3.8) is 0 Å². The first-order valence-electron chi connectivity index (χ1n) is 7.78. The second kappa shape index (κ2) is 7.06. The maximum atomic E-state index is 4.66. The number of rotatable bonds is 7. The van der Waals surface area contributed by atoms with Crippen LogP contribution in [0.4, 0.5) is 0 Å². The number of nitrogens with one attached hydrogen (secondary N) is 1. The molecule has 0 radical (unpaired) electrons. The van der Waals surface area contributed by atoms with E-state index in [9.17, 15) is 0 Å². The molecule has 1 fully saturated rings. The monoisotopic (exact) mass is 264 g/mol. The molecule has 1 aliphatic rings. The van der Waals surface area contributed by atoms with E-state index in [-0.39, 0.29) is 0 Å². The highest BCUT2D eigenvalue weighted by molar-refractivity contribution is 5.11. The third kappa shape index (κ3) is 3.57. The number of hydrogen-bond acceptors (Lipinski definition) is 3. The Hall–Kier alpha value is -0.870. The number of hydrogen-bond donors (Lipinski definition) is 1. The van der Waals surface area contributed by atoms with Crippen LogP contribution in [0, 0.1) is 0 Å². The van der Waals surface area contributed by atoms with Crippen LogP contribution in [0.3, 0.4) is 0 Å². The van der Waals surface area contributed by atoms with Gasteiger partial charge >= 0.3 is 0 Å². The minimum atomic E-state index is 0.699. The van der Waals surface area contributed by atoms with Crippen molar-refractivity contribution in [3.05, 3.63) is 17.5 Å². The van der Waals surface area contributed by atoms with Gasteiger partial charge in [-0.25, -0.2) is 0 Å². The van der Waals surface area contributed by atoms with Gasteiger partial charge in [0.2, 0.25) is 0 Å². The van der Waals surface area contributed by atoms with Gasteiger partial charge in [0.15, 0.2) is 0 Å². The van der Waals surface area contributed by atoms with Crippen molar-refractivity contribution in [1.29, 1.82) is 0 Å². The Morgan fingerprint density at radius 1 is 1.42 bits per heavy atom. The molecular formula is C15H28N4. The maximum absolute atomic E-state index is 4.66. The topological polar surface area (TPSA) is 33.1 Å². The zero-order valence-corrected chi connectivity index (χ0v) is 12.7. The fraction of sp³-hybridized carbons (Fsp3) is 0.800. The Balaban J connectivity index is 2.08. The third-order valence-electron chi connectivity index (χ3n) is 4.00. The zero-order valence-electron chi connectivity index (χ0n) is 12.7. The third-order valence-corrected chi connectivity index (χ3v) is 4.00. The summed E-state index contributed by atoms with van der Waals surface area (Å²) in [5.74, 6) is 0. The summed E-state index contributed by atoms with van der Waals surface area (Å²) >= 11 is 0. The Morgan fingerprint density at radius 2 is 2.26 bits per heavy atom. The van der Waals surface area contributed by atoms with Gasteiger partial charge in [-0.3, -0.25) is 9.58 Å². The van der Waals surface area contributed by atoms with E-state index in [1.807, 2.05) is 0 Å². The first-order chi connectivity index (χ1) is 9.28. The van der Waals surface area contributed by atoms with Gasteiger partial charge in [-0.2, -0.15) is 5.10 Å². The molecule has 0 aliphatic carbocycles. The summed E-state index contributed by atoms with van der Waals surface area (Å²) in [6.07, 6.45) is 3.52. The molecule has 19 heavy (non-hydrogen) atoms. The van der Waals surface area contributed by atoms with Gasteiger partial charge in [-0.05, 0) is 45.3 Å². The first-order valence-corrected chi connectivity index (χ1v) is 7.78. The second-order valence-corrected chi connectivity index (χ2v) is 5.41. The van der Waals surface area contributed by atoms with E-state index in [0.29, 0.717) is 6.04 Å². The van der Waals surface area contributed by atoms with Crippen LogP contribution in [0.5, 0.6) is 0 Å². The Labute approximate surface area is 117 Å². The lowest BCUT2D eigenvalue weighted by atomic mass is 10.2. The molecule has 1 aromatic heterocycles. The van der Waals surface area contributed by atoms with Crippen LogP contribution in [0.1, 0.15) is 45.0 Å². The van der Waals surface area contributed by atoms with E-state index in [2.05, 4.69) is 46.8 Å². The average molecular weight is 264 g/mol. The van der Waals surface area contributed by atoms with Gasteiger partial charge in [0.05, 0.1) is 11.4 Å². The number of aromatic nitrogens is 2. The second-order valence-electron chi connectivity index (χ2n) is 5.41. The first kappa shape index (κ1) is 14.5. The van der Waals surface area contributed by atoms with Crippen LogP contribution < -0.4 is 5.32 Å². The summed E-state index contributed by atoms with van der Waals surface area (Å²) in [5.41, 5.74) is 2.59. The van der Waals surface area contributed by atoms with Crippen LogP contribution in [0.15, 0.2) is 6.07 Å². The molecule has 4 nitrogen and oxygen atoms in total. The van der Waals surface area contributed by atoms with Gasteiger partial charge < -0.3 is 5.32 Å². The SMILES string of the molecule is CCCN(Cc1cc(CC)nn1CC)C1CCNC1. The maximum Gasteiger partial charge on any atom is 0.0625 e. The molecule has 0 aromatic carbocycles. The molecule has 108 valence electrons. The molecule has 0 spiro atoms. The van der Waals surface area contributed by atoms with Gasteiger partial charge in [0, 0.05) is 25.7 Å². The summed E-state index contributed by atoms with van der Waals surface area (Å²) in [6.45, 7) is 12.1.